The predicted octanol–water partition coefficient (Wildman–Crippen LogP) is 1.20. The molecule has 0 saturated heterocycles. The summed E-state index contributed by atoms with van der Waals surface area (Å²) in [5, 5.41) is 11.6. The fourth-order valence-corrected chi connectivity index (χ4v) is 1.95. The van der Waals surface area contributed by atoms with Gasteiger partial charge in [-0.2, -0.15) is 0 Å². The van der Waals surface area contributed by atoms with Gasteiger partial charge in [-0.3, -0.25) is 4.79 Å². The summed E-state index contributed by atoms with van der Waals surface area (Å²) in [6, 6.07) is 3.54. The van der Waals surface area contributed by atoms with Gasteiger partial charge in [0.05, 0.1) is 24.0 Å². The Hall–Kier alpha value is -2.57. The van der Waals surface area contributed by atoms with Crippen LogP contribution < -0.4 is 5.32 Å². The molecule has 0 saturated carbocycles. The van der Waals surface area contributed by atoms with Gasteiger partial charge in [0.15, 0.2) is 0 Å². The lowest BCUT2D eigenvalue weighted by Gasteiger charge is -2.20. The second kappa shape index (κ2) is 6.25. The first kappa shape index (κ1) is 14.8. The number of imidazole rings is 1. The minimum absolute atomic E-state index is 0.168. The van der Waals surface area contributed by atoms with E-state index in [2.05, 4.69) is 10.3 Å². The van der Waals surface area contributed by atoms with Gasteiger partial charge in [0, 0.05) is 26.3 Å². The van der Waals surface area contributed by atoms with Crippen molar-refractivity contribution in [2.75, 3.05) is 13.6 Å². The molecule has 21 heavy (non-hydrogen) atoms. The molecule has 0 radical (unpaired) electrons. The van der Waals surface area contributed by atoms with E-state index in [1.807, 2.05) is 22.7 Å². The number of carboxylic acids is 1. The Balaban J connectivity index is 1.89. The number of carbonyl (C=O) groups is 2. The molecule has 1 atom stereocenters. The van der Waals surface area contributed by atoms with Crippen molar-refractivity contribution in [3.05, 3.63) is 36.4 Å². The van der Waals surface area contributed by atoms with E-state index < -0.39 is 11.9 Å². The molecule has 0 fully saturated rings. The maximum atomic E-state index is 11.9. The minimum Gasteiger partial charge on any atom is -0.481 e. The van der Waals surface area contributed by atoms with E-state index in [0.717, 1.165) is 11.1 Å². The third-order valence-corrected chi connectivity index (χ3v) is 3.23. The second-order valence-corrected chi connectivity index (χ2v) is 5.04. The molecule has 0 aliphatic heterocycles. The summed E-state index contributed by atoms with van der Waals surface area (Å²) in [5.41, 5.74) is 1.92. The lowest BCUT2D eigenvalue weighted by Crippen LogP contribution is -2.40. The molecule has 0 aliphatic rings. The number of carboxylic acid groups (broad SMARTS) is 1. The predicted molar refractivity (Wildman–Crippen MR) is 76.9 cm³/mol. The van der Waals surface area contributed by atoms with Gasteiger partial charge < -0.3 is 19.7 Å². The quantitative estimate of drug-likeness (QED) is 0.866. The summed E-state index contributed by atoms with van der Waals surface area (Å²) in [4.78, 5) is 28.1. The van der Waals surface area contributed by atoms with Crippen molar-refractivity contribution in [3.63, 3.8) is 0 Å². The molecule has 2 N–H and O–H groups in total. The van der Waals surface area contributed by atoms with Crippen LogP contribution in [0.5, 0.6) is 0 Å². The Morgan fingerprint density at radius 1 is 1.48 bits per heavy atom. The number of amides is 2. The molecule has 2 aromatic heterocycles. The van der Waals surface area contributed by atoms with Crippen LogP contribution in [0.3, 0.4) is 0 Å². The number of fused-ring (bicyclic) bond motifs is 1. The molecule has 0 aliphatic carbocycles. The Kier molecular flexibility index (Phi) is 4.42. The fraction of sp³-hybridized carbons (Fsp3) is 0.357. The van der Waals surface area contributed by atoms with Crippen LogP contribution in [0.2, 0.25) is 0 Å². The third kappa shape index (κ3) is 3.71. The van der Waals surface area contributed by atoms with Gasteiger partial charge in [-0.15, -0.1) is 0 Å². The lowest BCUT2D eigenvalue weighted by molar-refractivity contribution is -0.141. The van der Waals surface area contributed by atoms with Crippen LogP contribution in [-0.4, -0.2) is 45.0 Å². The van der Waals surface area contributed by atoms with E-state index in [9.17, 15) is 9.59 Å². The zero-order valence-electron chi connectivity index (χ0n) is 12.0. The average molecular weight is 290 g/mol. The molecule has 0 aromatic carbocycles. The van der Waals surface area contributed by atoms with Crippen LogP contribution in [0.1, 0.15) is 12.5 Å². The Morgan fingerprint density at radius 2 is 2.24 bits per heavy atom. The molecule has 2 aromatic rings. The maximum Gasteiger partial charge on any atom is 0.317 e. The Morgan fingerprint density at radius 3 is 2.95 bits per heavy atom. The molecular weight excluding hydrogens is 272 g/mol. The number of hydrogen-bond donors (Lipinski definition) is 2. The van der Waals surface area contributed by atoms with Crippen molar-refractivity contribution in [1.29, 1.82) is 0 Å². The highest BCUT2D eigenvalue weighted by Gasteiger charge is 2.16. The van der Waals surface area contributed by atoms with E-state index >= 15 is 0 Å². The second-order valence-electron chi connectivity index (χ2n) is 5.04. The standard InChI is InChI=1S/C14H18N4O3/c1-10(13(19)20)7-17(2)14(21)16-5-11-3-4-12-6-15-9-18(12)8-11/h3-4,6,8-10H,5,7H2,1-2H3,(H,16,21)(H,19,20). The van der Waals surface area contributed by atoms with E-state index in [-0.39, 0.29) is 12.6 Å². The zero-order valence-corrected chi connectivity index (χ0v) is 12.0. The first-order valence-electron chi connectivity index (χ1n) is 6.59. The Bertz CT molecular complexity index is 652. The highest BCUT2D eigenvalue weighted by atomic mass is 16.4. The van der Waals surface area contributed by atoms with Crippen molar-refractivity contribution in [1.82, 2.24) is 19.6 Å². The number of rotatable bonds is 5. The molecule has 2 amide bonds. The van der Waals surface area contributed by atoms with Crippen LogP contribution in [0.25, 0.3) is 5.52 Å². The van der Waals surface area contributed by atoms with Crippen molar-refractivity contribution in [2.45, 2.75) is 13.5 Å². The highest BCUT2D eigenvalue weighted by molar-refractivity contribution is 5.75. The smallest absolute Gasteiger partial charge is 0.317 e. The minimum atomic E-state index is -0.916. The van der Waals surface area contributed by atoms with Crippen molar-refractivity contribution >= 4 is 17.5 Å². The number of aromatic nitrogens is 2. The first-order valence-corrected chi connectivity index (χ1v) is 6.59. The van der Waals surface area contributed by atoms with Crippen LogP contribution in [0, 0.1) is 5.92 Å². The molecule has 0 spiro atoms. The van der Waals surface area contributed by atoms with Crippen molar-refractivity contribution in [3.8, 4) is 0 Å². The van der Waals surface area contributed by atoms with Crippen LogP contribution in [0.15, 0.2) is 30.9 Å². The normalized spacial score (nSPS) is 12.1. The van der Waals surface area contributed by atoms with Crippen LogP contribution in [0.4, 0.5) is 4.79 Å². The summed E-state index contributed by atoms with van der Waals surface area (Å²) in [6.07, 6.45) is 5.34. The largest absolute Gasteiger partial charge is 0.481 e. The monoisotopic (exact) mass is 290 g/mol. The zero-order chi connectivity index (χ0) is 15.4. The van der Waals surface area contributed by atoms with Gasteiger partial charge in [0.1, 0.15) is 0 Å². The van der Waals surface area contributed by atoms with E-state index in [4.69, 9.17) is 5.11 Å². The number of nitrogens with one attached hydrogen (secondary N) is 1. The summed E-state index contributed by atoms with van der Waals surface area (Å²) in [6.45, 7) is 2.11. The molecule has 7 heteroatoms. The lowest BCUT2D eigenvalue weighted by atomic mass is 10.2. The highest BCUT2D eigenvalue weighted by Crippen LogP contribution is 2.06. The van der Waals surface area contributed by atoms with Gasteiger partial charge in [0.25, 0.3) is 0 Å². The molecule has 2 rings (SSSR count). The van der Waals surface area contributed by atoms with Crippen molar-refractivity contribution in [2.24, 2.45) is 5.92 Å². The molecule has 0 bridgehead atoms. The molecule has 2 heterocycles. The van der Waals surface area contributed by atoms with Gasteiger partial charge in [-0.05, 0) is 11.6 Å². The van der Waals surface area contributed by atoms with Crippen LogP contribution >= 0.6 is 0 Å². The molecular formula is C14H18N4O3. The topological polar surface area (TPSA) is 86.9 Å². The molecule has 112 valence electrons. The number of nitrogens with zero attached hydrogens (tertiary/aromatic N) is 3. The number of carbonyl (C=O) groups excluding carboxylic acids is 1. The average Bonchev–Trinajstić information content (AvgIpc) is 2.91. The number of pyridine rings is 1. The SMILES string of the molecule is CC(CN(C)C(=O)NCc1ccc2cncn2c1)C(=O)O. The summed E-state index contributed by atoms with van der Waals surface area (Å²) < 4.78 is 1.87. The van der Waals surface area contributed by atoms with E-state index in [1.165, 1.54) is 4.90 Å². The van der Waals surface area contributed by atoms with E-state index in [0.29, 0.717) is 6.54 Å². The molecule has 1 unspecified atom stereocenters. The summed E-state index contributed by atoms with van der Waals surface area (Å²) in [5.74, 6) is -1.51. The third-order valence-electron chi connectivity index (χ3n) is 3.23. The first-order chi connectivity index (χ1) is 9.97. The molecule has 7 nitrogen and oxygen atoms in total. The van der Waals surface area contributed by atoms with Crippen molar-refractivity contribution < 1.29 is 14.7 Å². The van der Waals surface area contributed by atoms with Gasteiger partial charge in [0.2, 0.25) is 0 Å². The maximum absolute atomic E-state index is 11.9. The number of hydrogen-bond acceptors (Lipinski definition) is 3. The number of urea groups is 1. The summed E-state index contributed by atoms with van der Waals surface area (Å²) in [7, 11) is 1.58. The van der Waals surface area contributed by atoms with Crippen LogP contribution in [-0.2, 0) is 11.3 Å². The van der Waals surface area contributed by atoms with Gasteiger partial charge in [-0.1, -0.05) is 13.0 Å². The Labute approximate surface area is 122 Å². The number of aliphatic carboxylic acids is 1. The fourth-order valence-electron chi connectivity index (χ4n) is 1.95. The van der Waals surface area contributed by atoms with Gasteiger partial charge >= 0.3 is 12.0 Å². The van der Waals surface area contributed by atoms with E-state index in [1.54, 1.807) is 26.5 Å². The summed E-state index contributed by atoms with van der Waals surface area (Å²) >= 11 is 0. The van der Waals surface area contributed by atoms with Gasteiger partial charge in [-0.25, -0.2) is 9.78 Å².